The second kappa shape index (κ2) is 17.9. The molecule has 0 spiro atoms. The Morgan fingerprint density at radius 1 is 0.567 bits per heavy atom. The molecule has 0 N–H and O–H groups in total. The maximum atomic E-state index is 12.2. The molecule has 16 heteroatoms. The van der Waals surface area contributed by atoms with Crippen LogP contribution in [0.15, 0.2) is 53.0 Å². The van der Waals surface area contributed by atoms with Crippen molar-refractivity contribution in [3.8, 4) is 0 Å². The van der Waals surface area contributed by atoms with Gasteiger partial charge in [-0.05, 0) is 132 Å². The minimum Gasteiger partial charge on any atom is -0.405 e. The summed E-state index contributed by atoms with van der Waals surface area (Å²) in [6.45, 7) is 27.9. The number of benzene rings is 2. The SMILES string of the molecule is CC1(C)OB(B2OC(C)(C)C(C)(C)O2)OC1(C)C.CN(C)C(=O)C1CCN(c2cccc(B3OC(C)(C)C(C)(C)O3)c2)C1.CN(C)C(=O)C1CCN(c2cccc(Br)c2)C1. The Hall–Kier alpha value is -2.59. The summed E-state index contributed by atoms with van der Waals surface area (Å²) in [7, 11) is 5.99. The van der Waals surface area contributed by atoms with Gasteiger partial charge in [-0.2, -0.15) is 0 Å². The zero-order chi connectivity index (χ0) is 44.8. The van der Waals surface area contributed by atoms with Gasteiger partial charge in [-0.15, -0.1) is 0 Å². The third kappa shape index (κ3) is 10.6. The lowest BCUT2D eigenvalue weighted by Gasteiger charge is -2.32. The first-order valence-electron chi connectivity index (χ1n) is 21.4. The van der Waals surface area contributed by atoms with E-state index in [-0.39, 0.29) is 64.4 Å². The molecule has 2 amide bonds. The van der Waals surface area contributed by atoms with Crippen molar-refractivity contribution in [2.24, 2.45) is 11.8 Å². The minimum absolute atomic E-state index is 0.0792. The molecule has 2 aromatic carbocycles. The van der Waals surface area contributed by atoms with Crippen molar-refractivity contribution < 1.29 is 37.5 Å². The number of anilines is 2. The Bertz CT molecular complexity index is 1760. The van der Waals surface area contributed by atoms with Gasteiger partial charge in [0.05, 0.1) is 45.4 Å². The number of amides is 2. The number of carbonyl (C=O) groups excluding carboxylic acids is 2. The van der Waals surface area contributed by atoms with Crippen LogP contribution in [0.25, 0.3) is 0 Å². The minimum atomic E-state index is -0.476. The molecule has 60 heavy (non-hydrogen) atoms. The summed E-state index contributed by atoms with van der Waals surface area (Å²) in [5, 5.41) is 0. The Morgan fingerprint density at radius 3 is 1.28 bits per heavy atom. The smallest absolute Gasteiger partial charge is 0.405 e. The average Bonchev–Trinajstić information content (AvgIpc) is 3.95. The number of hydrogen-bond donors (Lipinski definition) is 0. The zero-order valence-corrected chi connectivity index (χ0v) is 40.8. The molecule has 2 unspecified atom stereocenters. The van der Waals surface area contributed by atoms with Crippen LogP contribution in [0.2, 0.25) is 0 Å². The van der Waals surface area contributed by atoms with Crippen LogP contribution in [0, 0.1) is 11.8 Å². The van der Waals surface area contributed by atoms with Gasteiger partial charge in [-0.3, -0.25) is 9.59 Å². The maximum Gasteiger partial charge on any atom is 0.494 e. The van der Waals surface area contributed by atoms with E-state index in [1.807, 2.05) is 108 Å². The lowest BCUT2D eigenvalue weighted by Crippen LogP contribution is -2.41. The highest BCUT2D eigenvalue weighted by Crippen LogP contribution is 2.43. The van der Waals surface area contributed by atoms with Gasteiger partial charge in [-0.1, -0.05) is 34.1 Å². The number of carbonyl (C=O) groups is 2. The van der Waals surface area contributed by atoms with Crippen LogP contribution in [-0.4, -0.2) is 131 Å². The number of nitrogens with zero attached hydrogens (tertiary/aromatic N) is 4. The number of hydrogen-bond acceptors (Lipinski definition) is 10. The number of halogens is 1. The summed E-state index contributed by atoms with van der Waals surface area (Å²) < 4.78 is 37.2. The monoisotopic (exact) mass is 894 g/mol. The van der Waals surface area contributed by atoms with Crippen molar-refractivity contribution >= 4 is 65.7 Å². The first-order chi connectivity index (χ1) is 27.6. The highest BCUT2D eigenvalue weighted by atomic mass is 79.9. The molecule has 0 radical (unpaired) electrons. The summed E-state index contributed by atoms with van der Waals surface area (Å²) in [5.41, 5.74) is 1.22. The molecule has 7 rings (SSSR count). The standard InChI is InChI=1S/C19H29BN2O3.C13H17BrN2O.C12H24B2O4/c1-18(2)19(3,4)25-20(24-18)15-8-7-9-16(12-15)22-11-10-14(13-22)17(23)21(5)6;1-15(2)13(17)10-6-7-16(9-10)12-5-3-4-11(14)8-12;1-9(2)10(3,4)16-13(15-9)14-17-11(5,6)12(7,8)18-14/h7-9,12,14H,10-11,13H2,1-6H3;3-5,8,10H,6-7,9H2,1-2H3;1-8H3. The van der Waals surface area contributed by atoms with Crippen LogP contribution in [0.3, 0.4) is 0 Å². The van der Waals surface area contributed by atoms with E-state index in [1.54, 1.807) is 9.80 Å². The average molecular weight is 895 g/mol. The normalized spacial score (nSPS) is 25.4. The summed E-state index contributed by atoms with van der Waals surface area (Å²) >= 11 is 3.47. The molecule has 0 aliphatic carbocycles. The molecule has 5 saturated heterocycles. The maximum absolute atomic E-state index is 12.2. The van der Waals surface area contributed by atoms with E-state index in [0.717, 1.165) is 54.6 Å². The third-order valence-corrected chi connectivity index (χ3v) is 14.1. The Labute approximate surface area is 370 Å². The molecule has 0 aromatic heterocycles. The van der Waals surface area contributed by atoms with E-state index in [2.05, 4.69) is 77.7 Å². The first kappa shape index (κ1) is 48.4. The van der Waals surface area contributed by atoms with E-state index in [4.69, 9.17) is 27.9 Å². The molecule has 0 bridgehead atoms. The quantitative estimate of drug-likeness (QED) is 0.299. The van der Waals surface area contributed by atoms with Gasteiger partial charge >= 0.3 is 21.1 Å². The van der Waals surface area contributed by atoms with Crippen LogP contribution >= 0.6 is 15.9 Å². The van der Waals surface area contributed by atoms with E-state index in [1.165, 1.54) is 5.69 Å². The fourth-order valence-electron chi connectivity index (χ4n) is 7.64. The van der Waals surface area contributed by atoms with Crippen molar-refractivity contribution in [1.82, 2.24) is 9.80 Å². The van der Waals surface area contributed by atoms with Gasteiger partial charge in [0, 0.05) is 70.2 Å². The van der Waals surface area contributed by atoms with Gasteiger partial charge in [0.1, 0.15) is 0 Å². The molecule has 12 nitrogen and oxygen atoms in total. The first-order valence-corrected chi connectivity index (χ1v) is 22.2. The van der Waals surface area contributed by atoms with Crippen molar-refractivity contribution in [3.05, 3.63) is 53.0 Å². The van der Waals surface area contributed by atoms with E-state index in [0.29, 0.717) is 0 Å². The van der Waals surface area contributed by atoms with Crippen LogP contribution in [0.1, 0.15) is 95.9 Å². The Morgan fingerprint density at radius 2 is 0.917 bits per heavy atom. The lowest BCUT2D eigenvalue weighted by molar-refractivity contribution is -0.132. The zero-order valence-electron chi connectivity index (χ0n) is 39.2. The van der Waals surface area contributed by atoms with Gasteiger partial charge in [0.15, 0.2) is 0 Å². The predicted molar refractivity (Wildman–Crippen MR) is 246 cm³/mol. The molecular weight excluding hydrogens is 825 g/mol. The number of rotatable bonds is 6. The van der Waals surface area contributed by atoms with Gasteiger partial charge in [0.2, 0.25) is 11.8 Å². The highest BCUT2D eigenvalue weighted by molar-refractivity contribution is 9.10. The van der Waals surface area contributed by atoms with E-state index >= 15 is 0 Å². The summed E-state index contributed by atoms with van der Waals surface area (Å²) in [4.78, 5) is 32.0. The molecule has 0 saturated carbocycles. The second-order valence-corrected chi connectivity index (χ2v) is 21.2. The van der Waals surface area contributed by atoms with Gasteiger partial charge < -0.3 is 47.5 Å². The fraction of sp³-hybridized carbons (Fsp3) is 0.682. The summed E-state index contributed by atoms with van der Waals surface area (Å²) in [6, 6.07) is 16.5. The van der Waals surface area contributed by atoms with Crippen molar-refractivity contribution in [1.29, 1.82) is 0 Å². The molecule has 5 fully saturated rings. The molecule has 5 aliphatic heterocycles. The summed E-state index contributed by atoms with van der Waals surface area (Å²) in [5.74, 6) is 0.673. The third-order valence-electron chi connectivity index (χ3n) is 13.7. The predicted octanol–water partition coefficient (Wildman–Crippen LogP) is 6.51. The van der Waals surface area contributed by atoms with Crippen molar-refractivity contribution in [2.45, 2.75) is 130 Å². The molecule has 2 atom stereocenters. The topological polar surface area (TPSA) is 102 Å². The van der Waals surface area contributed by atoms with Crippen LogP contribution in [0.5, 0.6) is 0 Å². The summed E-state index contributed by atoms with van der Waals surface area (Å²) in [6.07, 6.45) is 1.85. The molecule has 2 aromatic rings. The second-order valence-electron chi connectivity index (χ2n) is 20.2. The Kier molecular flexibility index (Phi) is 14.4. The molecule has 5 aliphatic rings. The lowest BCUT2D eigenvalue weighted by atomic mass is 9.49. The van der Waals surface area contributed by atoms with Crippen LogP contribution in [-0.2, 0) is 37.5 Å². The van der Waals surface area contributed by atoms with Crippen molar-refractivity contribution in [2.75, 3.05) is 64.2 Å². The van der Waals surface area contributed by atoms with Gasteiger partial charge in [-0.25, -0.2) is 0 Å². The molecule has 330 valence electrons. The van der Waals surface area contributed by atoms with Crippen molar-refractivity contribution in [3.63, 3.8) is 0 Å². The fourth-order valence-corrected chi connectivity index (χ4v) is 8.03. The highest BCUT2D eigenvalue weighted by Gasteiger charge is 2.63. The van der Waals surface area contributed by atoms with Crippen LogP contribution in [0.4, 0.5) is 11.4 Å². The molecular formula is C44H70B3BrN4O8. The molecule has 5 heterocycles. The van der Waals surface area contributed by atoms with E-state index in [9.17, 15) is 9.59 Å². The Balaban J connectivity index is 0.000000175. The van der Waals surface area contributed by atoms with E-state index < -0.39 is 14.0 Å². The largest absolute Gasteiger partial charge is 0.494 e. The van der Waals surface area contributed by atoms with Crippen LogP contribution < -0.4 is 15.3 Å². The van der Waals surface area contributed by atoms with Gasteiger partial charge in [0.25, 0.3) is 0 Å².